The van der Waals surface area contributed by atoms with Crippen molar-refractivity contribution in [3.05, 3.63) is 16.6 Å². The molecule has 1 aromatic rings. The molecule has 1 fully saturated rings. The van der Waals surface area contributed by atoms with Crippen LogP contribution in [0.5, 0.6) is 0 Å². The number of aromatic nitrogens is 1. The summed E-state index contributed by atoms with van der Waals surface area (Å²) < 4.78 is 0. The van der Waals surface area contributed by atoms with E-state index < -0.39 is 0 Å². The average Bonchev–Trinajstić information content (AvgIpc) is 2.88. The topological polar surface area (TPSA) is 37.0 Å². The maximum absolute atomic E-state index is 4.28. The quantitative estimate of drug-likeness (QED) is 0.730. The van der Waals surface area contributed by atoms with Crippen molar-refractivity contribution < 1.29 is 0 Å². The van der Waals surface area contributed by atoms with Crippen LogP contribution in [-0.4, -0.2) is 31.2 Å². The van der Waals surface area contributed by atoms with Crippen molar-refractivity contribution in [3.63, 3.8) is 0 Å². The van der Waals surface area contributed by atoms with E-state index in [4.69, 9.17) is 0 Å². The third-order valence-corrected chi connectivity index (χ3v) is 4.26. The molecule has 0 saturated carbocycles. The number of nitrogens with one attached hydrogen (secondary N) is 2. The van der Waals surface area contributed by atoms with Gasteiger partial charge in [0.15, 0.2) is 0 Å². The lowest BCUT2D eigenvalue weighted by atomic mass is 9.93. The highest BCUT2D eigenvalue weighted by Crippen LogP contribution is 2.16. The molecule has 0 spiro atoms. The fourth-order valence-electron chi connectivity index (χ4n) is 2.38. The molecule has 0 radical (unpaired) electrons. The maximum Gasteiger partial charge on any atom is 0.0937 e. The zero-order valence-electron chi connectivity index (χ0n) is 10.5. The van der Waals surface area contributed by atoms with Gasteiger partial charge in [-0.1, -0.05) is 0 Å². The zero-order valence-corrected chi connectivity index (χ0v) is 11.3. The van der Waals surface area contributed by atoms with E-state index in [-0.39, 0.29) is 0 Å². The SMILES string of the molecule is c1csc(CCNCCCC2CCNCC2)n1. The molecule has 17 heavy (non-hydrogen) atoms. The summed E-state index contributed by atoms with van der Waals surface area (Å²) in [6, 6.07) is 0. The van der Waals surface area contributed by atoms with Crippen molar-refractivity contribution in [3.8, 4) is 0 Å². The Morgan fingerprint density at radius 1 is 1.35 bits per heavy atom. The predicted molar refractivity (Wildman–Crippen MR) is 73.5 cm³/mol. The Morgan fingerprint density at radius 2 is 2.24 bits per heavy atom. The predicted octanol–water partition coefficient (Wildman–Crippen LogP) is 2.05. The van der Waals surface area contributed by atoms with E-state index >= 15 is 0 Å². The number of piperidine rings is 1. The molecule has 3 nitrogen and oxygen atoms in total. The Bertz CT molecular complexity index is 281. The summed E-state index contributed by atoms with van der Waals surface area (Å²) in [7, 11) is 0. The molecule has 96 valence electrons. The molecule has 0 aliphatic carbocycles. The van der Waals surface area contributed by atoms with E-state index in [0.29, 0.717) is 0 Å². The molecule has 1 aliphatic rings. The first-order valence-corrected chi connectivity index (χ1v) is 7.63. The number of nitrogens with zero attached hydrogens (tertiary/aromatic N) is 1. The Balaban J connectivity index is 1.43. The van der Waals surface area contributed by atoms with Crippen LogP contribution in [0, 0.1) is 5.92 Å². The number of hydrogen-bond donors (Lipinski definition) is 2. The van der Waals surface area contributed by atoms with Crippen LogP contribution in [0.4, 0.5) is 0 Å². The molecule has 1 saturated heterocycles. The van der Waals surface area contributed by atoms with Crippen molar-refractivity contribution >= 4 is 11.3 Å². The highest BCUT2D eigenvalue weighted by molar-refractivity contribution is 7.09. The second kappa shape index (κ2) is 7.80. The van der Waals surface area contributed by atoms with Crippen molar-refractivity contribution in [2.24, 2.45) is 5.92 Å². The normalized spacial score (nSPS) is 17.4. The van der Waals surface area contributed by atoms with E-state index in [1.807, 2.05) is 11.6 Å². The van der Waals surface area contributed by atoms with Crippen LogP contribution >= 0.6 is 11.3 Å². The lowest BCUT2D eigenvalue weighted by Gasteiger charge is -2.22. The average molecular weight is 253 g/mol. The summed E-state index contributed by atoms with van der Waals surface area (Å²) in [5.41, 5.74) is 0. The first-order chi connectivity index (χ1) is 8.45. The van der Waals surface area contributed by atoms with E-state index in [1.165, 1.54) is 43.8 Å². The third kappa shape index (κ3) is 5.15. The Hall–Kier alpha value is -0.450. The molecule has 4 heteroatoms. The molecule has 0 amide bonds. The lowest BCUT2D eigenvalue weighted by molar-refractivity contribution is 0.345. The van der Waals surface area contributed by atoms with Gasteiger partial charge < -0.3 is 10.6 Å². The molecule has 0 bridgehead atoms. The van der Waals surface area contributed by atoms with Gasteiger partial charge >= 0.3 is 0 Å². The van der Waals surface area contributed by atoms with Gasteiger partial charge in [-0.05, 0) is 51.2 Å². The lowest BCUT2D eigenvalue weighted by Crippen LogP contribution is -2.28. The standard InChI is InChI=1S/C13H23N3S/c1(2-12-3-7-15-8-4-12)6-14-9-5-13-16-10-11-17-13/h10-12,14-15H,1-9H2. The van der Waals surface area contributed by atoms with E-state index in [1.54, 1.807) is 11.3 Å². The van der Waals surface area contributed by atoms with E-state index in [9.17, 15) is 0 Å². The second-order valence-corrected chi connectivity index (χ2v) is 5.74. The second-order valence-electron chi connectivity index (χ2n) is 4.76. The van der Waals surface area contributed by atoms with Crippen LogP contribution in [0.15, 0.2) is 11.6 Å². The molecular weight excluding hydrogens is 230 g/mol. The van der Waals surface area contributed by atoms with E-state index in [0.717, 1.165) is 25.4 Å². The first kappa shape index (κ1) is 13.0. The van der Waals surface area contributed by atoms with Crippen molar-refractivity contribution in [1.29, 1.82) is 0 Å². The minimum absolute atomic E-state index is 0.969. The van der Waals surface area contributed by atoms with Gasteiger partial charge in [-0.25, -0.2) is 4.98 Å². The van der Waals surface area contributed by atoms with Gasteiger partial charge in [-0.2, -0.15) is 0 Å². The number of rotatable bonds is 7. The molecule has 0 aromatic carbocycles. The van der Waals surface area contributed by atoms with Crippen molar-refractivity contribution in [2.75, 3.05) is 26.2 Å². The minimum atomic E-state index is 0.969. The smallest absolute Gasteiger partial charge is 0.0937 e. The van der Waals surface area contributed by atoms with Crippen molar-refractivity contribution in [1.82, 2.24) is 15.6 Å². The Kier molecular flexibility index (Phi) is 5.96. The maximum atomic E-state index is 4.28. The van der Waals surface area contributed by atoms with Crippen LogP contribution in [0.2, 0.25) is 0 Å². The monoisotopic (exact) mass is 253 g/mol. The highest BCUT2D eigenvalue weighted by atomic mass is 32.1. The highest BCUT2D eigenvalue weighted by Gasteiger charge is 2.11. The minimum Gasteiger partial charge on any atom is -0.317 e. The van der Waals surface area contributed by atoms with Gasteiger partial charge in [0.2, 0.25) is 0 Å². The summed E-state index contributed by atoms with van der Waals surface area (Å²) in [6.45, 7) is 4.68. The fraction of sp³-hybridized carbons (Fsp3) is 0.769. The van der Waals surface area contributed by atoms with Gasteiger partial charge in [0, 0.05) is 24.5 Å². The summed E-state index contributed by atoms with van der Waals surface area (Å²) in [5.74, 6) is 0.969. The van der Waals surface area contributed by atoms with Gasteiger partial charge in [0.1, 0.15) is 0 Å². The molecule has 1 aliphatic heterocycles. The van der Waals surface area contributed by atoms with Crippen LogP contribution in [-0.2, 0) is 6.42 Å². The van der Waals surface area contributed by atoms with Gasteiger partial charge in [0.25, 0.3) is 0 Å². The van der Waals surface area contributed by atoms with Crippen LogP contribution < -0.4 is 10.6 Å². The number of thiazole rings is 1. The largest absolute Gasteiger partial charge is 0.317 e. The summed E-state index contributed by atoms with van der Waals surface area (Å²) in [6.07, 6.45) is 8.43. The van der Waals surface area contributed by atoms with Gasteiger partial charge in [-0.3, -0.25) is 0 Å². The van der Waals surface area contributed by atoms with Crippen LogP contribution in [0.3, 0.4) is 0 Å². The van der Waals surface area contributed by atoms with Crippen molar-refractivity contribution in [2.45, 2.75) is 32.1 Å². The Morgan fingerprint density at radius 3 is 3.00 bits per heavy atom. The molecule has 2 heterocycles. The molecule has 2 N–H and O–H groups in total. The Labute approximate surface area is 108 Å². The summed E-state index contributed by atoms with van der Waals surface area (Å²) in [5, 5.41) is 10.2. The molecule has 0 unspecified atom stereocenters. The van der Waals surface area contributed by atoms with Crippen LogP contribution in [0.25, 0.3) is 0 Å². The molecule has 0 atom stereocenters. The summed E-state index contributed by atoms with van der Waals surface area (Å²) in [4.78, 5) is 4.28. The van der Waals surface area contributed by atoms with Gasteiger partial charge in [0.05, 0.1) is 5.01 Å². The third-order valence-electron chi connectivity index (χ3n) is 3.42. The molecule has 1 aromatic heterocycles. The zero-order chi connectivity index (χ0) is 11.8. The summed E-state index contributed by atoms with van der Waals surface area (Å²) >= 11 is 1.75. The van der Waals surface area contributed by atoms with Crippen LogP contribution in [0.1, 0.15) is 30.7 Å². The first-order valence-electron chi connectivity index (χ1n) is 6.75. The molecular formula is C13H23N3S. The molecule has 2 rings (SSSR count). The number of hydrogen-bond acceptors (Lipinski definition) is 4. The van der Waals surface area contributed by atoms with Gasteiger partial charge in [-0.15, -0.1) is 11.3 Å². The fourth-order valence-corrected chi connectivity index (χ4v) is 3.00. The van der Waals surface area contributed by atoms with E-state index in [2.05, 4.69) is 15.6 Å².